The summed E-state index contributed by atoms with van der Waals surface area (Å²) in [5, 5.41) is 0.570. The Bertz CT molecular complexity index is 1320. The van der Waals surface area contributed by atoms with Crippen LogP contribution in [0.1, 0.15) is 15.9 Å². The molecular weight excluding hydrogens is 501 g/mol. The summed E-state index contributed by atoms with van der Waals surface area (Å²) in [4.78, 5) is 16.2. The van der Waals surface area contributed by atoms with Gasteiger partial charge in [-0.05, 0) is 48.9 Å². The minimum atomic E-state index is -3.85. The number of ether oxygens (including phenoxy) is 2. The smallest absolute Gasteiger partial charge is 0.387 e. The number of benzene rings is 2. The molecule has 33 heavy (non-hydrogen) atoms. The Labute approximate surface area is 198 Å². The van der Waals surface area contributed by atoms with Gasteiger partial charge in [0.15, 0.2) is 0 Å². The number of halogens is 4. The van der Waals surface area contributed by atoms with Gasteiger partial charge in [0.05, 0.1) is 6.26 Å². The van der Waals surface area contributed by atoms with E-state index in [-0.39, 0.29) is 27.8 Å². The Morgan fingerprint density at radius 1 is 1.09 bits per heavy atom. The second-order valence-electron chi connectivity index (χ2n) is 6.82. The number of nitrogens with zero attached hydrogens (tertiary/aromatic N) is 1. The number of aryl methyl sites for hydroxylation is 1. The third-order valence-corrected chi connectivity index (χ3v) is 5.45. The van der Waals surface area contributed by atoms with Gasteiger partial charge in [0.2, 0.25) is 15.9 Å². The second kappa shape index (κ2) is 9.90. The molecule has 0 saturated carbocycles. The molecule has 3 aromatic rings. The molecule has 0 saturated heterocycles. The van der Waals surface area contributed by atoms with Crippen LogP contribution in [0.2, 0.25) is 10.0 Å². The molecule has 0 spiro atoms. The molecule has 12 heteroatoms. The van der Waals surface area contributed by atoms with Crippen LogP contribution in [0.25, 0.3) is 11.1 Å². The van der Waals surface area contributed by atoms with E-state index in [9.17, 15) is 22.0 Å². The summed E-state index contributed by atoms with van der Waals surface area (Å²) in [6.45, 7) is -1.37. The van der Waals surface area contributed by atoms with Crippen molar-refractivity contribution in [2.45, 2.75) is 13.5 Å². The fraction of sp³-hybridized carbons (Fsp3) is 0.143. The van der Waals surface area contributed by atoms with E-state index in [0.29, 0.717) is 16.3 Å². The van der Waals surface area contributed by atoms with E-state index in [1.54, 1.807) is 22.9 Å². The zero-order chi connectivity index (χ0) is 24.3. The van der Waals surface area contributed by atoms with Crippen LogP contribution >= 0.6 is 23.2 Å². The van der Waals surface area contributed by atoms with Gasteiger partial charge in [0, 0.05) is 27.9 Å². The molecule has 0 fully saturated rings. The minimum Gasteiger partial charge on any atom is -0.437 e. The molecular formula is C21H16Cl2F2N2O5S. The number of hydrogen-bond acceptors (Lipinski definition) is 6. The van der Waals surface area contributed by atoms with Gasteiger partial charge >= 0.3 is 6.61 Å². The van der Waals surface area contributed by atoms with Crippen LogP contribution in [-0.2, 0) is 10.0 Å². The molecule has 1 N–H and O–H groups in total. The molecule has 1 aromatic heterocycles. The summed E-state index contributed by atoms with van der Waals surface area (Å²) in [5.74, 6) is -0.917. The van der Waals surface area contributed by atoms with E-state index in [4.69, 9.17) is 27.9 Å². The highest BCUT2D eigenvalue weighted by Gasteiger charge is 2.18. The Morgan fingerprint density at radius 3 is 2.42 bits per heavy atom. The van der Waals surface area contributed by atoms with Crippen molar-refractivity contribution in [1.82, 2.24) is 9.71 Å². The highest BCUT2D eigenvalue weighted by molar-refractivity contribution is 7.89. The molecule has 0 aliphatic rings. The first-order valence-electron chi connectivity index (χ1n) is 9.14. The van der Waals surface area contributed by atoms with Gasteiger partial charge in [-0.25, -0.2) is 18.1 Å². The first kappa shape index (κ1) is 24.7. The SMILES string of the molecule is Cc1ccc(Oc2ncc(-c3ccc(C(=O)NS(C)(=O)=O)cc3OC(F)F)cc2Cl)cc1Cl. The maximum atomic E-state index is 13.0. The summed E-state index contributed by atoms with van der Waals surface area (Å²) in [5.41, 5.74) is 1.10. The maximum absolute atomic E-state index is 13.0. The average molecular weight is 517 g/mol. The largest absolute Gasteiger partial charge is 0.437 e. The molecule has 0 radical (unpaired) electrons. The van der Waals surface area contributed by atoms with Crippen LogP contribution in [0.4, 0.5) is 8.78 Å². The van der Waals surface area contributed by atoms with Gasteiger partial charge in [-0.3, -0.25) is 4.79 Å². The van der Waals surface area contributed by atoms with Crippen molar-refractivity contribution >= 4 is 39.1 Å². The molecule has 174 valence electrons. The van der Waals surface area contributed by atoms with E-state index in [1.807, 2.05) is 6.92 Å². The van der Waals surface area contributed by atoms with E-state index < -0.39 is 22.5 Å². The molecule has 1 heterocycles. The molecule has 0 aliphatic heterocycles. The first-order valence-corrected chi connectivity index (χ1v) is 11.8. The van der Waals surface area contributed by atoms with Crippen LogP contribution < -0.4 is 14.2 Å². The van der Waals surface area contributed by atoms with Gasteiger partial charge in [-0.2, -0.15) is 8.78 Å². The second-order valence-corrected chi connectivity index (χ2v) is 9.38. The van der Waals surface area contributed by atoms with E-state index in [2.05, 4.69) is 9.72 Å². The van der Waals surface area contributed by atoms with Crippen LogP contribution in [0.3, 0.4) is 0 Å². The van der Waals surface area contributed by atoms with E-state index in [0.717, 1.165) is 17.9 Å². The Kier molecular flexibility index (Phi) is 7.41. The standard InChI is InChI=1S/C21H16Cl2F2N2O5S/c1-11-3-5-14(9-16(11)22)31-20-17(23)7-13(10-26-20)15-6-4-12(8-18(15)32-21(24)25)19(28)27-33(2,29)30/h3-10,21H,1-2H3,(H,27,28). The summed E-state index contributed by atoms with van der Waals surface area (Å²) >= 11 is 12.4. The minimum absolute atomic E-state index is 0.0563. The third-order valence-electron chi connectivity index (χ3n) is 4.21. The molecule has 0 aliphatic carbocycles. The molecule has 2 aromatic carbocycles. The highest BCUT2D eigenvalue weighted by atomic mass is 35.5. The number of pyridine rings is 1. The number of amides is 1. The highest BCUT2D eigenvalue weighted by Crippen LogP contribution is 2.36. The lowest BCUT2D eigenvalue weighted by molar-refractivity contribution is -0.0495. The Hall–Kier alpha value is -2.95. The normalized spacial score (nSPS) is 11.4. The summed E-state index contributed by atoms with van der Waals surface area (Å²) in [6.07, 6.45) is 2.11. The topological polar surface area (TPSA) is 94.6 Å². The lowest BCUT2D eigenvalue weighted by Crippen LogP contribution is -2.29. The van der Waals surface area contributed by atoms with Gasteiger partial charge < -0.3 is 9.47 Å². The zero-order valence-electron chi connectivity index (χ0n) is 17.1. The van der Waals surface area contributed by atoms with Crippen molar-refractivity contribution in [1.29, 1.82) is 0 Å². The molecule has 0 unspecified atom stereocenters. The quantitative estimate of drug-likeness (QED) is 0.448. The number of carbonyl (C=O) groups is 1. The van der Waals surface area contributed by atoms with E-state index in [1.165, 1.54) is 24.4 Å². The number of nitrogens with one attached hydrogen (secondary N) is 1. The number of hydrogen-bond donors (Lipinski definition) is 1. The van der Waals surface area contributed by atoms with Crippen molar-refractivity contribution in [2.24, 2.45) is 0 Å². The molecule has 0 atom stereocenters. The zero-order valence-corrected chi connectivity index (χ0v) is 19.4. The Morgan fingerprint density at radius 2 is 1.82 bits per heavy atom. The lowest BCUT2D eigenvalue weighted by Gasteiger charge is -2.14. The van der Waals surface area contributed by atoms with Crippen LogP contribution in [0.15, 0.2) is 48.7 Å². The predicted octanol–water partition coefficient (Wildman–Crippen LogP) is 5.45. The molecule has 7 nitrogen and oxygen atoms in total. The average Bonchev–Trinajstić information content (AvgIpc) is 2.70. The van der Waals surface area contributed by atoms with Gasteiger partial charge in [-0.15, -0.1) is 0 Å². The third kappa shape index (κ3) is 6.53. The van der Waals surface area contributed by atoms with Crippen LogP contribution in [0, 0.1) is 6.92 Å². The predicted molar refractivity (Wildman–Crippen MR) is 120 cm³/mol. The number of sulfonamides is 1. The maximum Gasteiger partial charge on any atom is 0.387 e. The van der Waals surface area contributed by atoms with Crippen LogP contribution in [-0.4, -0.2) is 32.2 Å². The van der Waals surface area contributed by atoms with Gasteiger partial charge in [-0.1, -0.05) is 29.3 Å². The number of aromatic nitrogens is 1. The summed E-state index contributed by atoms with van der Waals surface area (Å²) in [6, 6.07) is 10.0. The van der Waals surface area contributed by atoms with Crippen molar-refractivity contribution in [3.63, 3.8) is 0 Å². The van der Waals surface area contributed by atoms with E-state index >= 15 is 0 Å². The molecule has 3 rings (SSSR count). The fourth-order valence-corrected chi connectivity index (χ4v) is 3.55. The summed E-state index contributed by atoms with van der Waals surface area (Å²) in [7, 11) is -3.85. The van der Waals surface area contributed by atoms with Crippen molar-refractivity contribution in [3.05, 3.63) is 69.8 Å². The van der Waals surface area contributed by atoms with Crippen molar-refractivity contribution in [2.75, 3.05) is 6.26 Å². The van der Waals surface area contributed by atoms with Crippen LogP contribution in [0.5, 0.6) is 17.4 Å². The lowest BCUT2D eigenvalue weighted by atomic mass is 10.0. The van der Waals surface area contributed by atoms with Crippen molar-refractivity contribution < 1.29 is 31.5 Å². The monoisotopic (exact) mass is 516 g/mol. The van der Waals surface area contributed by atoms with Crippen molar-refractivity contribution in [3.8, 4) is 28.5 Å². The number of carbonyl (C=O) groups excluding carboxylic acids is 1. The number of rotatable bonds is 7. The Balaban J connectivity index is 1.94. The molecule has 1 amide bonds. The fourth-order valence-electron chi connectivity index (χ4n) is 2.72. The first-order chi connectivity index (χ1) is 15.4. The molecule has 0 bridgehead atoms. The number of alkyl halides is 2. The summed E-state index contributed by atoms with van der Waals surface area (Å²) < 4.78 is 60.4. The van der Waals surface area contributed by atoms with Gasteiger partial charge in [0.25, 0.3) is 5.91 Å². The van der Waals surface area contributed by atoms with Gasteiger partial charge in [0.1, 0.15) is 16.5 Å².